The van der Waals surface area contributed by atoms with Crippen LogP contribution in [-0.4, -0.2) is 49.6 Å². The summed E-state index contributed by atoms with van der Waals surface area (Å²) in [7, 11) is 1.80. The molecule has 1 heterocycles. The molecule has 0 aromatic heterocycles. The van der Waals surface area contributed by atoms with Crippen LogP contribution in [-0.2, 0) is 14.3 Å². The van der Waals surface area contributed by atoms with Crippen LogP contribution < -0.4 is 5.32 Å². The van der Waals surface area contributed by atoms with E-state index in [0.717, 1.165) is 6.42 Å². The molecule has 5 heteroatoms. The largest absolute Gasteiger partial charge is 0.465 e. The van der Waals surface area contributed by atoms with E-state index in [-0.39, 0.29) is 24.5 Å². The average molecular weight is 240 g/mol. The fourth-order valence-electron chi connectivity index (χ4n) is 2.57. The number of fused-ring (bicyclic) bond motifs is 1. The minimum atomic E-state index is -0.310. The molecule has 0 radical (unpaired) electrons. The summed E-state index contributed by atoms with van der Waals surface area (Å²) in [5, 5.41) is 3.04. The summed E-state index contributed by atoms with van der Waals surface area (Å²) in [5.74, 6) is 0.970. The van der Waals surface area contributed by atoms with Crippen LogP contribution in [0.5, 0.6) is 0 Å². The van der Waals surface area contributed by atoms with E-state index in [1.807, 2.05) is 0 Å². The summed E-state index contributed by atoms with van der Waals surface area (Å²) in [4.78, 5) is 25.2. The van der Waals surface area contributed by atoms with Crippen LogP contribution in [0.3, 0.4) is 0 Å². The van der Waals surface area contributed by atoms with Crippen molar-refractivity contribution in [3.8, 4) is 0 Å². The van der Waals surface area contributed by atoms with Gasteiger partial charge < -0.3 is 15.0 Å². The zero-order chi connectivity index (χ0) is 12.4. The highest BCUT2D eigenvalue weighted by Gasteiger charge is 2.45. The average Bonchev–Trinajstić information content (AvgIpc) is 3.02. The van der Waals surface area contributed by atoms with Gasteiger partial charge in [0.1, 0.15) is 6.54 Å². The van der Waals surface area contributed by atoms with Crippen molar-refractivity contribution in [1.29, 1.82) is 0 Å². The van der Waals surface area contributed by atoms with Crippen LogP contribution in [0.15, 0.2) is 0 Å². The molecular weight excluding hydrogens is 220 g/mol. The summed E-state index contributed by atoms with van der Waals surface area (Å²) in [5.41, 5.74) is 0. The zero-order valence-electron chi connectivity index (χ0n) is 10.4. The van der Waals surface area contributed by atoms with Gasteiger partial charge >= 0.3 is 5.97 Å². The fourth-order valence-corrected chi connectivity index (χ4v) is 2.57. The van der Waals surface area contributed by atoms with E-state index < -0.39 is 0 Å². The number of nitrogens with zero attached hydrogens (tertiary/aromatic N) is 1. The number of carbonyl (C=O) groups is 2. The smallest absolute Gasteiger partial charge is 0.325 e. The molecule has 1 aliphatic heterocycles. The van der Waals surface area contributed by atoms with Gasteiger partial charge in [-0.3, -0.25) is 9.59 Å². The number of carbonyl (C=O) groups excluding carboxylic acids is 2. The van der Waals surface area contributed by atoms with Crippen LogP contribution >= 0.6 is 0 Å². The van der Waals surface area contributed by atoms with Crippen molar-refractivity contribution in [3.63, 3.8) is 0 Å². The topological polar surface area (TPSA) is 58.6 Å². The minimum absolute atomic E-state index is 0.0350. The number of ether oxygens (including phenoxy) is 1. The van der Waals surface area contributed by atoms with E-state index in [1.54, 1.807) is 18.9 Å². The van der Waals surface area contributed by atoms with Crippen LogP contribution in [0.25, 0.3) is 0 Å². The molecule has 0 aromatic rings. The molecule has 3 atom stereocenters. The molecule has 0 aromatic carbocycles. The van der Waals surface area contributed by atoms with Crippen molar-refractivity contribution in [2.45, 2.75) is 25.8 Å². The van der Waals surface area contributed by atoms with E-state index in [0.29, 0.717) is 25.0 Å². The molecule has 1 saturated carbocycles. The monoisotopic (exact) mass is 240 g/mol. The number of hydrogen-bond acceptors (Lipinski definition) is 4. The molecule has 1 saturated heterocycles. The van der Waals surface area contributed by atoms with Crippen molar-refractivity contribution in [2.75, 3.05) is 26.7 Å². The van der Waals surface area contributed by atoms with Gasteiger partial charge in [-0.25, -0.2) is 0 Å². The Morgan fingerprint density at radius 1 is 1.47 bits per heavy atom. The minimum Gasteiger partial charge on any atom is -0.465 e. The number of rotatable bonds is 4. The van der Waals surface area contributed by atoms with Gasteiger partial charge in [0.15, 0.2) is 0 Å². The maximum Gasteiger partial charge on any atom is 0.325 e. The number of nitrogens with one attached hydrogen (secondary N) is 1. The van der Waals surface area contributed by atoms with Crippen LogP contribution in [0.4, 0.5) is 0 Å². The highest BCUT2D eigenvalue weighted by atomic mass is 16.5. The Kier molecular flexibility index (Phi) is 3.66. The molecule has 5 nitrogen and oxygen atoms in total. The zero-order valence-corrected chi connectivity index (χ0v) is 10.4. The van der Waals surface area contributed by atoms with Crippen LogP contribution in [0.2, 0.25) is 0 Å². The first-order chi connectivity index (χ1) is 8.15. The van der Waals surface area contributed by atoms with Crippen molar-refractivity contribution in [2.24, 2.45) is 11.8 Å². The summed E-state index contributed by atoms with van der Waals surface area (Å²) < 4.78 is 4.90. The Balaban J connectivity index is 1.98. The summed E-state index contributed by atoms with van der Waals surface area (Å²) in [6.07, 6.45) is 2.09. The first-order valence-corrected chi connectivity index (χ1v) is 6.27. The van der Waals surface area contributed by atoms with E-state index >= 15 is 0 Å². The SMILES string of the molecule is CCOC(=O)CN1CC2CC2CC(NC)C1=O. The Hall–Kier alpha value is -1.10. The molecule has 0 bridgehead atoms. The second kappa shape index (κ2) is 5.04. The summed E-state index contributed by atoms with van der Waals surface area (Å²) in [6.45, 7) is 2.94. The van der Waals surface area contributed by atoms with Crippen molar-refractivity contribution < 1.29 is 14.3 Å². The second-order valence-electron chi connectivity index (χ2n) is 4.86. The van der Waals surface area contributed by atoms with E-state index in [1.165, 1.54) is 6.42 Å². The quantitative estimate of drug-likeness (QED) is 0.703. The number of esters is 1. The van der Waals surface area contributed by atoms with Gasteiger partial charge in [-0.1, -0.05) is 0 Å². The molecule has 1 N–H and O–H groups in total. The molecule has 2 aliphatic rings. The molecule has 3 unspecified atom stereocenters. The maximum absolute atomic E-state index is 12.1. The Labute approximate surface area is 101 Å². The van der Waals surface area contributed by atoms with Crippen LogP contribution in [0, 0.1) is 11.8 Å². The van der Waals surface area contributed by atoms with Gasteiger partial charge in [-0.05, 0) is 38.6 Å². The van der Waals surface area contributed by atoms with Gasteiger partial charge in [-0.2, -0.15) is 0 Å². The lowest BCUT2D eigenvalue weighted by Crippen LogP contribution is -2.46. The van der Waals surface area contributed by atoms with Gasteiger partial charge in [0, 0.05) is 6.54 Å². The van der Waals surface area contributed by atoms with E-state index in [4.69, 9.17) is 4.74 Å². The number of hydrogen-bond donors (Lipinski definition) is 1. The normalized spacial score (nSPS) is 31.8. The number of likely N-dealkylation sites (tertiary alicyclic amines) is 1. The lowest BCUT2D eigenvalue weighted by Gasteiger charge is -2.24. The summed E-state index contributed by atoms with van der Waals surface area (Å²) in [6, 6.07) is -0.137. The van der Waals surface area contributed by atoms with Gasteiger partial charge in [-0.15, -0.1) is 0 Å². The number of likely N-dealkylation sites (N-methyl/N-ethyl adjacent to an activating group) is 1. The molecule has 96 valence electrons. The van der Waals surface area contributed by atoms with Gasteiger partial charge in [0.25, 0.3) is 0 Å². The van der Waals surface area contributed by atoms with Gasteiger partial charge in [0.2, 0.25) is 5.91 Å². The third kappa shape index (κ3) is 2.77. The first-order valence-electron chi connectivity index (χ1n) is 6.27. The number of amides is 1. The lowest BCUT2D eigenvalue weighted by molar-refractivity contribution is -0.149. The third-order valence-corrected chi connectivity index (χ3v) is 3.65. The molecular formula is C12H20N2O3. The third-order valence-electron chi connectivity index (χ3n) is 3.65. The standard InChI is InChI=1S/C12H20N2O3/c1-3-17-11(15)7-14-6-9-4-8(9)5-10(13-2)12(14)16/h8-10,13H,3-7H2,1-2H3. The van der Waals surface area contributed by atoms with Crippen molar-refractivity contribution >= 4 is 11.9 Å². The Morgan fingerprint density at radius 2 is 2.24 bits per heavy atom. The highest BCUT2D eigenvalue weighted by molar-refractivity contribution is 5.86. The first kappa shape index (κ1) is 12.4. The lowest BCUT2D eigenvalue weighted by atomic mass is 10.1. The summed E-state index contributed by atoms with van der Waals surface area (Å²) >= 11 is 0. The van der Waals surface area contributed by atoms with Crippen LogP contribution in [0.1, 0.15) is 19.8 Å². The molecule has 17 heavy (non-hydrogen) atoms. The van der Waals surface area contributed by atoms with E-state index in [2.05, 4.69) is 5.32 Å². The molecule has 1 aliphatic carbocycles. The maximum atomic E-state index is 12.1. The predicted molar refractivity (Wildman–Crippen MR) is 62.3 cm³/mol. The molecule has 0 spiro atoms. The Morgan fingerprint density at radius 3 is 2.88 bits per heavy atom. The molecule has 1 amide bonds. The predicted octanol–water partition coefficient (Wildman–Crippen LogP) is 0.00590. The van der Waals surface area contributed by atoms with Crippen molar-refractivity contribution in [1.82, 2.24) is 10.2 Å². The van der Waals surface area contributed by atoms with E-state index in [9.17, 15) is 9.59 Å². The second-order valence-corrected chi connectivity index (χ2v) is 4.86. The van der Waals surface area contributed by atoms with Gasteiger partial charge in [0.05, 0.1) is 12.6 Å². The fraction of sp³-hybridized carbons (Fsp3) is 0.833. The Bertz CT molecular complexity index is 319. The highest BCUT2D eigenvalue weighted by Crippen LogP contribution is 2.44. The van der Waals surface area contributed by atoms with Crippen molar-refractivity contribution in [3.05, 3.63) is 0 Å². The molecule has 2 rings (SSSR count). The molecule has 2 fully saturated rings.